The van der Waals surface area contributed by atoms with Crippen LogP contribution in [-0.4, -0.2) is 0 Å². The maximum Gasteiger partial charge on any atom is 0.0396 e. The standard InChI is InChI=1S/C47H22.C40H28/c1-2-16-19-9-20-18-8-14-6-11-4-12-3-10-5-13-7-17-15(1)26-27(16)36-28(19)29(20)38-31(18)35-24(14)22(11)33-25(12)32-21(10)23(13)34-30(17)37(26)44-43(36)45(38)47-42(35)40(33)39(32)41(34)46(44)47;1-3-11-13-5-7-15-23-21(13)26-19(11)17-9(1)10-2-4-12-14-6-8-16-24-22(14)27-20(12)18(10)25(17)28-29(26)31-32(30(27)28)36(24)40-34(16)38(40)37-33(15)39(37,40)35(23)31/h1-2,7-8,10-14,23-25,36,43H,3-6H2;5-14,17-22,25,28,37-38H,1-4H2. The molecule has 398 valence electrons. The fraction of sp³-hybridized carbons (Fsp3) is 0.414. The Hall–Kier alpha value is -6.72. The molecule has 0 radical (unpaired) electrons. The molecule has 0 heterocycles. The number of hydrogen-bond donors (Lipinski definition) is 0. The number of rotatable bonds is 0. The number of allylic oxidation sites excluding steroid dienone is 28. The first-order valence-electron chi connectivity index (χ1n) is 36.5. The molecule has 0 aromatic heterocycles. The van der Waals surface area contributed by atoms with E-state index in [1.54, 1.807) is 125 Å². The van der Waals surface area contributed by atoms with Gasteiger partial charge in [-0.2, -0.15) is 0 Å². The Bertz CT molecular complexity index is 5830. The third kappa shape index (κ3) is 2.50. The van der Waals surface area contributed by atoms with Gasteiger partial charge in [0.2, 0.25) is 0 Å². The summed E-state index contributed by atoms with van der Waals surface area (Å²) in [5.41, 5.74) is 74.7. The first kappa shape index (κ1) is 37.3. The molecule has 4 aromatic carbocycles. The highest BCUT2D eigenvalue weighted by molar-refractivity contribution is 6.36. The summed E-state index contributed by atoms with van der Waals surface area (Å²) in [7, 11) is 0. The van der Waals surface area contributed by atoms with E-state index in [2.05, 4.69) is 76.6 Å². The quantitative estimate of drug-likeness (QED) is 0.107. The molecule has 2 spiro atoms. The van der Waals surface area contributed by atoms with Crippen LogP contribution >= 0.6 is 0 Å². The van der Waals surface area contributed by atoms with Gasteiger partial charge >= 0.3 is 0 Å². The Morgan fingerprint density at radius 2 is 0.989 bits per heavy atom. The lowest BCUT2D eigenvalue weighted by atomic mass is 9.51. The average molecular weight is 1100 g/mol. The summed E-state index contributed by atoms with van der Waals surface area (Å²) in [4.78, 5) is 0. The van der Waals surface area contributed by atoms with Crippen molar-refractivity contribution in [2.75, 3.05) is 0 Å². The Morgan fingerprint density at radius 3 is 1.64 bits per heavy atom. The minimum atomic E-state index is 0.453. The molecule has 0 N–H and O–H groups in total. The van der Waals surface area contributed by atoms with Crippen LogP contribution in [0.1, 0.15) is 142 Å². The second-order valence-corrected chi connectivity index (χ2v) is 36.9. The number of benzene rings is 4. The van der Waals surface area contributed by atoms with Crippen LogP contribution < -0.4 is 0 Å². The molecule has 38 rings (SSSR count). The first-order valence-corrected chi connectivity index (χ1v) is 36.5. The zero-order chi connectivity index (χ0) is 52.3. The monoisotopic (exact) mass is 1090 g/mol. The third-order valence-electron chi connectivity index (χ3n) is 37.4. The summed E-state index contributed by atoms with van der Waals surface area (Å²) in [5.74, 6) is 21.7. The summed E-state index contributed by atoms with van der Waals surface area (Å²) in [6.07, 6.45) is 28.9. The Balaban J connectivity index is 0.0000000927. The number of hydrogen-bond acceptors (Lipinski definition) is 0. The van der Waals surface area contributed by atoms with Crippen molar-refractivity contribution in [1.29, 1.82) is 0 Å². The van der Waals surface area contributed by atoms with Crippen LogP contribution in [0.5, 0.6) is 0 Å². The van der Waals surface area contributed by atoms with Gasteiger partial charge < -0.3 is 0 Å². The van der Waals surface area contributed by atoms with Crippen LogP contribution in [-0.2, 0) is 0 Å². The molecule has 87 heavy (non-hydrogen) atoms. The predicted molar refractivity (Wildman–Crippen MR) is 329 cm³/mol. The van der Waals surface area contributed by atoms with Crippen molar-refractivity contribution in [3.8, 4) is 11.1 Å². The molecular formula is C87H50. The van der Waals surface area contributed by atoms with E-state index in [4.69, 9.17) is 0 Å². The van der Waals surface area contributed by atoms with Crippen LogP contribution in [0.4, 0.5) is 0 Å². The lowest BCUT2D eigenvalue weighted by molar-refractivity contribution is 0.0646. The normalized spacial score (nSPS) is 53.9. The van der Waals surface area contributed by atoms with Gasteiger partial charge in [0, 0.05) is 86.7 Å². The summed E-state index contributed by atoms with van der Waals surface area (Å²) in [6, 6.07) is 5.15. The first-order chi connectivity index (χ1) is 43.3. The molecule has 10 fully saturated rings. The average Bonchev–Trinajstić information content (AvgIpc) is 1.35. The van der Waals surface area contributed by atoms with E-state index in [1.165, 1.54) is 36.8 Å². The van der Waals surface area contributed by atoms with Gasteiger partial charge in [-0.05, 0) is 340 Å². The molecule has 0 aliphatic heterocycles. The van der Waals surface area contributed by atoms with Crippen LogP contribution in [0.2, 0.25) is 0 Å². The second-order valence-electron chi connectivity index (χ2n) is 36.9. The van der Waals surface area contributed by atoms with E-state index in [9.17, 15) is 0 Å². The van der Waals surface area contributed by atoms with Crippen LogP contribution in [0.15, 0.2) is 155 Å². The molecular weight excluding hydrogens is 1040 g/mol. The topological polar surface area (TPSA) is 0 Å². The van der Waals surface area contributed by atoms with E-state index < -0.39 is 0 Å². The van der Waals surface area contributed by atoms with Crippen LogP contribution in [0, 0.1) is 141 Å². The predicted octanol–water partition coefficient (Wildman–Crippen LogP) is 16.9. The van der Waals surface area contributed by atoms with Gasteiger partial charge in [0.25, 0.3) is 0 Å². The van der Waals surface area contributed by atoms with Crippen molar-refractivity contribution in [2.45, 2.75) is 75.0 Å². The van der Waals surface area contributed by atoms with E-state index in [1.807, 2.05) is 100 Å². The fourth-order valence-electron chi connectivity index (χ4n) is 37.7. The van der Waals surface area contributed by atoms with Gasteiger partial charge in [-0.1, -0.05) is 70.9 Å². The van der Waals surface area contributed by atoms with Gasteiger partial charge in [0.15, 0.2) is 0 Å². The summed E-state index contributed by atoms with van der Waals surface area (Å²) < 4.78 is 0. The molecule has 34 aliphatic carbocycles. The fourth-order valence-corrected chi connectivity index (χ4v) is 37.7. The van der Waals surface area contributed by atoms with Crippen molar-refractivity contribution < 1.29 is 0 Å². The van der Waals surface area contributed by atoms with Gasteiger partial charge in [-0.25, -0.2) is 0 Å². The van der Waals surface area contributed by atoms with Crippen LogP contribution in [0.3, 0.4) is 0 Å². The van der Waals surface area contributed by atoms with E-state index in [0.29, 0.717) is 52.3 Å². The van der Waals surface area contributed by atoms with Crippen LogP contribution in [0.25, 0.3) is 66.1 Å². The molecule has 0 nitrogen and oxygen atoms in total. The minimum Gasteiger partial charge on any atom is -0.103 e. The van der Waals surface area contributed by atoms with Gasteiger partial charge in [0.05, 0.1) is 0 Å². The Kier molecular flexibility index (Phi) is 4.07. The SMILES string of the molecule is C1=C2C3=CC4CC5CC6CC7CC8C=C9c%10ccc%11c%12c%10-c%10c9c9c%13c%14c%15c%16c(c3c3c%17c%16c%13c%10C%17C%12C(=C23)C=1%11)C4C5=C%15C6C%14=C7C98.C1=CC2C3C4=C5C6=C7C8=C9C%10C%11=C7C7%12C(=C%11C=CC%10C%10CCC%11C%13CCC2C2C3=C6C8C(C%132)C%11C9%10)C7C2C(=C14)C52%12. The molecule has 10 saturated carbocycles. The maximum atomic E-state index is 4.26. The number of fused-ring (bicyclic) bond motifs is 9. The molecule has 0 saturated heterocycles. The highest BCUT2D eigenvalue weighted by Gasteiger charge is 3.03. The molecule has 26 unspecified atom stereocenters. The summed E-state index contributed by atoms with van der Waals surface area (Å²) in [6.45, 7) is 0. The van der Waals surface area contributed by atoms with Crippen molar-refractivity contribution >= 4 is 55.0 Å². The molecule has 4 aromatic rings. The lowest BCUT2D eigenvalue weighted by Crippen LogP contribution is -2.46. The second kappa shape index (κ2) is 9.49. The molecule has 0 heteroatoms. The van der Waals surface area contributed by atoms with E-state index >= 15 is 0 Å². The van der Waals surface area contributed by atoms with E-state index in [0.717, 1.165) is 112 Å². The van der Waals surface area contributed by atoms with Crippen molar-refractivity contribution in [3.63, 3.8) is 0 Å². The van der Waals surface area contributed by atoms with Gasteiger partial charge in [0.1, 0.15) is 0 Å². The van der Waals surface area contributed by atoms with Gasteiger partial charge in [-0.15, -0.1) is 5.73 Å². The Labute approximate surface area is 500 Å². The molecule has 0 bridgehead atoms. The zero-order valence-corrected chi connectivity index (χ0v) is 47.8. The molecule has 34 aliphatic rings. The maximum absolute atomic E-state index is 4.26. The summed E-state index contributed by atoms with van der Waals surface area (Å²) in [5, 5.41) is 7.17. The largest absolute Gasteiger partial charge is 0.103 e. The highest BCUT2D eigenvalue weighted by Crippen LogP contribution is 3.09. The third-order valence-corrected chi connectivity index (χ3v) is 37.4. The van der Waals surface area contributed by atoms with Gasteiger partial charge in [-0.3, -0.25) is 0 Å². The lowest BCUT2D eigenvalue weighted by Gasteiger charge is -2.52. The highest BCUT2D eigenvalue weighted by atomic mass is 15.0. The molecule has 26 atom stereocenters. The molecule has 0 amide bonds. The minimum absolute atomic E-state index is 0.453. The van der Waals surface area contributed by atoms with Crippen molar-refractivity contribution in [3.05, 3.63) is 221 Å². The van der Waals surface area contributed by atoms with Crippen molar-refractivity contribution in [1.82, 2.24) is 0 Å². The zero-order valence-electron chi connectivity index (χ0n) is 47.8. The van der Waals surface area contributed by atoms with E-state index in [-0.39, 0.29) is 0 Å². The van der Waals surface area contributed by atoms with Crippen molar-refractivity contribution in [2.24, 2.45) is 141 Å². The Morgan fingerprint density at radius 1 is 0.402 bits per heavy atom. The smallest absolute Gasteiger partial charge is 0.0396 e. The summed E-state index contributed by atoms with van der Waals surface area (Å²) >= 11 is 0.